The van der Waals surface area contributed by atoms with Crippen LogP contribution in [-0.2, 0) is 14.3 Å². The quantitative estimate of drug-likeness (QED) is 0.527. The molecule has 3 amide bonds. The maximum absolute atomic E-state index is 13.7. The van der Waals surface area contributed by atoms with Gasteiger partial charge in [0.05, 0.1) is 7.11 Å². The number of benzene rings is 2. The summed E-state index contributed by atoms with van der Waals surface area (Å²) in [6.07, 6.45) is 0.965. The second-order valence-corrected chi connectivity index (χ2v) is 10.3. The molecule has 8 heteroatoms. The fraction of sp³-hybridized carbons (Fsp3) is 0.393. The molecule has 0 aliphatic rings. The van der Waals surface area contributed by atoms with Gasteiger partial charge in [0, 0.05) is 11.2 Å². The number of carbonyl (C=O) groups is 3. The van der Waals surface area contributed by atoms with Crippen molar-refractivity contribution >= 4 is 29.7 Å². The number of nitrogens with one attached hydrogen (secondary N) is 2. The van der Waals surface area contributed by atoms with Gasteiger partial charge in [0.15, 0.2) is 0 Å². The van der Waals surface area contributed by atoms with Gasteiger partial charge >= 0.3 is 6.09 Å². The van der Waals surface area contributed by atoms with E-state index in [1.807, 2.05) is 39.0 Å². The molecule has 36 heavy (non-hydrogen) atoms. The Labute approximate surface area is 213 Å². The average molecular weight is 496 g/mol. The number of anilines is 1. The number of nitrogens with zero attached hydrogens (tertiary/aromatic N) is 1. The molecule has 0 aliphatic heterocycles. The van der Waals surface area contributed by atoms with Gasteiger partial charge in [0.1, 0.15) is 23.9 Å². The van der Waals surface area contributed by atoms with Crippen LogP contribution in [0, 0.1) is 0 Å². The summed E-state index contributed by atoms with van der Waals surface area (Å²) in [4.78, 5) is 40.9. The zero-order valence-corrected chi connectivity index (χ0v) is 22.2. The molecule has 2 N–H and O–H groups in total. The van der Waals surface area contributed by atoms with Crippen LogP contribution in [0.3, 0.4) is 0 Å². The van der Waals surface area contributed by atoms with Crippen molar-refractivity contribution in [2.45, 2.75) is 58.7 Å². The third kappa shape index (κ3) is 8.15. The number of hydrogen-bond acceptors (Lipinski definition) is 5. The topological polar surface area (TPSA) is 97.0 Å². The Hall–Kier alpha value is -3.81. The molecule has 0 saturated carbocycles. The summed E-state index contributed by atoms with van der Waals surface area (Å²) in [5.41, 5.74) is 0.502. The van der Waals surface area contributed by atoms with E-state index in [1.54, 1.807) is 64.3 Å². The Morgan fingerprint density at radius 3 is 2.19 bits per heavy atom. The SMILES string of the molecule is C=Cc1cccc(C(C(=O)Nc2ccc(OC)cc2)N(C(=O)CNC(=O)OC(C)(C)C)C(C)(C)C)c1. The van der Waals surface area contributed by atoms with Crippen LogP contribution in [0.1, 0.15) is 58.7 Å². The van der Waals surface area contributed by atoms with Crippen LogP contribution in [0.4, 0.5) is 10.5 Å². The molecule has 2 aromatic carbocycles. The van der Waals surface area contributed by atoms with E-state index in [9.17, 15) is 14.4 Å². The summed E-state index contributed by atoms with van der Waals surface area (Å²) in [5.74, 6) is -0.183. The maximum Gasteiger partial charge on any atom is 0.408 e. The summed E-state index contributed by atoms with van der Waals surface area (Å²) in [6, 6.07) is 13.2. The molecule has 0 spiro atoms. The highest BCUT2D eigenvalue weighted by Gasteiger charge is 2.38. The smallest absolute Gasteiger partial charge is 0.408 e. The molecular weight excluding hydrogens is 458 g/mol. The van der Waals surface area contributed by atoms with Crippen molar-refractivity contribution in [2.75, 3.05) is 19.0 Å². The Kier molecular flexibility index (Phi) is 9.28. The molecule has 8 nitrogen and oxygen atoms in total. The largest absolute Gasteiger partial charge is 0.497 e. The molecule has 0 bridgehead atoms. The second kappa shape index (κ2) is 11.7. The molecule has 1 atom stereocenters. The molecular formula is C28H37N3O5. The first-order valence-corrected chi connectivity index (χ1v) is 11.7. The van der Waals surface area contributed by atoms with E-state index >= 15 is 0 Å². The Bertz CT molecular complexity index is 1080. The first-order valence-electron chi connectivity index (χ1n) is 11.7. The standard InChI is InChI=1S/C28H37N3O5/c1-9-19-11-10-12-20(17-19)24(25(33)30-21-13-15-22(35-8)16-14-21)31(27(2,3)4)23(32)18-29-26(34)36-28(5,6)7/h9-17,24H,1,18H2,2-8H3,(H,29,34)(H,30,33). The van der Waals surface area contributed by atoms with Crippen molar-refractivity contribution in [2.24, 2.45) is 0 Å². The fourth-order valence-electron chi connectivity index (χ4n) is 3.61. The lowest BCUT2D eigenvalue weighted by Crippen LogP contribution is -2.54. The number of amides is 3. The third-order valence-corrected chi connectivity index (χ3v) is 5.10. The minimum atomic E-state index is -0.986. The Morgan fingerprint density at radius 1 is 1.03 bits per heavy atom. The molecule has 2 aromatic rings. The van der Waals surface area contributed by atoms with Gasteiger partial charge in [-0.2, -0.15) is 0 Å². The van der Waals surface area contributed by atoms with Crippen LogP contribution >= 0.6 is 0 Å². The lowest BCUT2D eigenvalue weighted by Gasteiger charge is -2.41. The molecule has 0 fully saturated rings. The zero-order valence-electron chi connectivity index (χ0n) is 22.2. The number of rotatable bonds is 8. The van der Waals surface area contributed by atoms with E-state index in [4.69, 9.17) is 9.47 Å². The van der Waals surface area contributed by atoms with Crippen LogP contribution in [0.2, 0.25) is 0 Å². The van der Waals surface area contributed by atoms with Gasteiger partial charge in [0.25, 0.3) is 5.91 Å². The van der Waals surface area contributed by atoms with Crippen LogP contribution in [-0.4, -0.2) is 47.6 Å². The van der Waals surface area contributed by atoms with Crippen molar-refractivity contribution in [3.63, 3.8) is 0 Å². The van der Waals surface area contributed by atoms with Crippen LogP contribution in [0.25, 0.3) is 6.08 Å². The average Bonchev–Trinajstić information content (AvgIpc) is 2.79. The molecule has 0 heterocycles. The number of hydrogen-bond donors (Lipinski definition) is 2. The van der Waals surface area contributed by atoms with Crippen molar-refractivity contribution < 1.29 is 23.9 Å². The van der Waals surface area contributed by atoms with Gasteiger partial charge < -0.3 is 25.0 Å². The molecule has 2 rings (SSSR count). The predicted molar refractivity (Wildman–Crippen MR) is 142 cm³/mol. The van der Waals surface area contributed by atoms with Gasteiger partial charge in [0.2, 0.25) is 5.91 Å². The van der Waals surface area contributed by atoms with Gasteiger partial charge in [-0.1, -0.05) is 30.9 Å². The summed E-state index contributed by atoms with van der Waals surface area (Å²) in [7, 11) is 1.56. The summed E-state index contributed by atoms with van der Waals surface area (Å²) in [5, 5.41) is 5.41. The monoisotopic (exact) mass is 495 g/mol. The number of alkyl carbamates (subject to hydrolysis) is 1. The molecule has 0 radical (unpaired) electrons. The van der Waals surface area contributed by atoms with Crippen molar-refractivity contribution in [1.82, 2.24) is 10.2 Å². The van der Waals surface area contributed by atoms with Crippen molar-refractivity contribution in [1.29, 1.82) is 0 Å². The minimum Gasteiger partial charge on any atom is -0.497 e. The molecule has 0 aromatic heterocycles. The minimum absolute atomic E-state index is 0.334. The predicted octanol–water partition coefficient (Wildman–Crippen LogP) is 5.17. The molecule has 1 unspecified atom stereocenters. The Morgan fingerprint density at radius 2 is 1.67 bits per heavy atom. The van der Waals surface area contributed by atoms with E-state index in [0.717, 1.165) is 5.56 Å². The van der Waals surface area contributed by atoms with Crippen LogP contribution < -0.4 is 15.4 Å². The highest BCUT2D eigenvalue weighted by atomic mass is 16.6. The number of carbonyl (C=O) groups excluding carboxylic acids is 3. The van der Waals surface area contributed by atoms with Crippen LogP contribution in [0.15, 0.2) is 55.1 Å². The van der Waals surface area contributed by atoms with E-state index < -0.39 is 35.1 Å². The molecule has 0 aliphatic carbocycles. The second-order valence-electron chi connectivity index (χ2n) is 10.3. The summed E-state index contributed by atoms with van der Waals surface area (Å²) < 4.78 is 10.4. The number of ether oxygens (including phenoxy) is 2. The van der Waals surface area contributed by atoms with E-state index in [1.165, 1.54) is 4.90 Å². The van der Waals surface area contributed by atoms with Crippen molar-refractivity contribution in [3.05, 3.63) is 66.2 Å². The first kappa shape index (κ1) is 28.4. The van der Waals surface area contributed by atoms with E-state index in [2.05, 4.69) is 17.2 Å². The Balaban J connectivity index is 2.44. The summed E-state index contributed by atoms with van der Waals surface area (Å²) >= 11 is 0. The lowest BCUT2D eigenvalue weighted by molar-refractivity contribution is -0.144. The molecule has 194 valence electrons. The third-order valence-electron chi connectivity index (χ3n) is 5.10. The first-order chi connectivity index (χ1) is 16.7. The summed E-state index contributed by atoms with van der Waals surface area (Å²) in [6.45, 7) is 14.2. The highest BCUT2D eigenvalue weighted by Crippen LogP contribution is 2.31. The number of methoxy groups -OCH3 is 1. The highest BCUT2D eigenvalue weighted by molar-refractivity contribution is 5.98. The van der Waals surface area contributed by atoms with Crippen molar-refractivity contribution in [3.8, 4) is 5.75 Å². The fourth-order valence-corrected chi connectivity index (χ4v) is 3.61. The maximum atomic E-state index is 13.7. The van der Waals surface area contributed by atoms with Crippen LogP contribution in [0.5, 0.6) is 5.75 Å². The lowest BCUT2D eigenvalue weighted by atomic mass is 9.95. The van der Waals surface area contributed by atoms with E-state index in [-0.39, 0.29) is 6.54 Å². The zero-order chi connectivity index (χ0) is 27.1. The van der Waals surface area contributed by atoms with E-state index in [0.29, 0.717) is 17.0 Å². The normalized spacial score (nSPS) is 12.2. The van der Waals surface area contributed by atoms with Gasteiger partial charge in [-0.15, -0.1) is 0 Å². The van der Waals surface area contributed by atoms with Gasteiger partial charge in [-0.25, -0.2) is 4.79 Å². The van der Waals surface area contributed by atoms with Gasteiger partial charge in [-0.05, 0) is 83.0 Å². The van der Waals surface area contributed by atoms with Gasteiger partial charge in [-0.3, -0.25) is 9.59 Å². The molecule has 0 saturated heterocycles.